The zero-order valence-electron chi connectivity index (χ0n) is 12.7. The van der Waals surface area contributed by atoms with Gasteiger partial charge < -0.3 is 5.73 Å². The monoisotopic (exact) mass is 299 g/mol. The van der Waals surface area contributed by atoms with Crippen LogP contribution in [0.4, 0.5) is 13.2 Å². The molecule has 1 saturated carbocycles. The molecule has 4 heteroatoms. The molecule has 21 heavy (non-hydrogen) atoms. The summed E-state index contributed by atoms with van der Waals surface area (Å²) in [6.07, 6.45) is -1.84. The Morgan fingerprint density at radius 1 is 1.33 bits per heavy atom. The average molecular weight is 299 g/mol. The highest BCUT2D eigenvalue weighted by atomic mass is 19.4. The van der Waals surface area contributed by atoms with Gasteiger partial charge in [-0.15, -0.1) is 0 Å². The van der Waals surface area contributed by atoms with Gasteiger partial charge in [0, 0.05) is 5.54 Å². The normalized spacial score (nSPS) is 27.1. The van der Waals surface area contributed by atoms with Crippen LogP contribution in [-0.2, 0) is 12.0 Å². The molecule has 0 heterocycles. The van der Waals surface area contributed by atoms with Crippen LogP contribution in [0.5, 0.6) is 0 Å². The fourth-order valence-corrected chi connectivity index (χ4v) is 3.33. The number of benzene rings is 1. The molecule has 0 radical (unpaired) electrons. The van der Waals surface area contributed by atoms with Crippen LogP contribution < -0.4 is 5.73 Å². The summed E-state index contributed by atoms with van der Waals surface area (Å²) in [6.45, 7) is 4.26. The maximum absolute atomic E-state index is 13.0. The Balaban J connectivity index is 2.23. The molecule has 0 aromatic heterocycles. The van der Waals surface area contributed by atoms with Crippen molar-refractivity contribution in [3.63, 3.8) is 0 Å². The lowest BCUT2D eigenvalue weighted by molar-refractivity contribution is -0.187. The maximum atomic E-state index is 13.0. The first-order valence-corrected chi connectivity index (χ1v) is 7.66. The van der Waals surface area contributed by atoms with Gasteiger partial charge in [0.05, 0.1) is 5.92 Å². The fourth-order valence-electron chi connectivity index (χ4n) is 3.33. The summed E-state index contributed by atoms with van der Waals surface area (Å²) in [5.41, 5.74) is 7.54. The third-order valence-corrected chi connectivity index (χ3v) is 4.39. The standard InChI is InChI=1S/C17H24F3N/c1-12(2)9-13-5-3-6-14(10-13)16(21)8-4-7-15(11-16)17(18,19)20/h3,5-6,10,12,15H,4,7-9,11,21H2,1-2H3. The predicted octanol–water partition coefficient (Wildman–Crippen LogP) is 4.79. The Morgan fingerprint density at radius 2 is 2.05 bits per heavy atom. The topological polar surface area (TPSA) is 26.0 Å². The average Bonchev–Trinajstić information content (AvgIpc) is 2.37. The molecule has 1 nitrogen and oxygen atoms in total. The molecule has 0 spiro atoms. The van der Waals surface area contributed by atoms with E-state index in [0.29, 0.717) is 18.8 Å². The number of hydrogen-bond acceptors (Lipinski definition) is 1. The summed E-state index contributed by atoms with van der Waals surface area (Å²) < 4.78 is 39.0. The first kappa shape index (κ1) is 16.3. The van der Waals surface area contributed by atoms with Gasteiger partial charge >= 0.3 is 6.18 Å². The van der Waals surface area contributed by atoms with Crippen molar-refractivity contribution in [2.24, 2.45) is 17.6 Å². The zero-order valence-corrected chi connectivity index (χ0v) is 12.7. The number of nitrogens with two attached hydrogens (primary N) is 1. The van der Waals surface area contributed by atoms with Gasteiger partial charge in [0.1, 0.15) is 0 Å². The Hall–Kier alpha value is -1.03. The minimum absolute atomic E-state index is 0.00162. The predicted molar refractivity (Wildman–Crippen MR) is 78.9 cm³/mol. The molecule has 2 N–H and O–H groups in total. The molecule has 2 rings (SSSR count). The van der Waals surface area contributed by atoms with E-state index in [9.17, 15) is 13.2 Å². The summed E-state index contributed by atoms with van der Waals surface area (Å²) in [5.74, 6) is -0.756. The molecule has 1 aliphatic carbocycles. The molecular formula is C17H24F3N. The van der Waals surface area contributed by atoms with E-state index >= 15 is 0 Å². The minimum atomic E-state index is -4.14. The largest absolute Gasteiger partial charge is 0.391 e. The second-order valence-electron chi connectivity index (χ2n) is 6.79. The highest BCUT2D eigenvalue weighted by Crippen LogP contribution is 2.44. The van der Waals surface area contributed by atoms with Crippen LogP contribution in [0.2, 0.25) is 0 Å². The molecular weight excluding hydrogens is 275 g/mol. The van der Waals surface area contributed by atoms with Crippen molar-refractivity contribution in [3.05, 3.63) is 35.4 Å². The van der Waals surface area contributed by atoms with E-state index in [1.54, 1.807) is 0 Å². The van der Waals surface area contributed by atoms with E-state index in [1.165, 1.54) is 0 Å². The van der Waals surface area contributed by atoms with Crippen LogP contribution in [0.1, 0.15) is 50.7 Å². The smallest absolute Gasteiger partial charge is 0.321 e. The Kier molecular flexibility index (Phi) is 4.66. The van der Waals surface area contributed by atoms with Crippen LogP contribution in [0, 0.1) is 11.8 Å². The lowest BCUT2D eigenvalue weighted by atomic mass is 9.72. The highest BCUT2D eigenvalue weighted by molar-refractivity contribution is 5.30. The van der Waals surface area contributed by atoms with E-state index < -0.39 is 17.6 Å². The SMILES string of the molecule is CC(C)Cc1cccc(C2(N)CCCC(C(F)(F)F)C2)c1. The Labute approximate surface area is 124 Å². The van der Waals surface area contributed by atoms with Crippen LogP contribution in [0.25, 0.3) is 0 Å². The zero-order chi connectivity index (χ0) is 15.7. The number of hydrogen-bond donors (Lipinski definition) is 1. The highest BCUT2D eigenvalue weighted by Gasteiger charge is 2.46. The van der Waals surface area contributed by atoms with Crippen molar-refractivity contribution in [1.82, 2.24) is 0 Å². The van der Waals surface area contributed by atoms with Crippen molar-refractivity contribution in [2.45, 2.75) is 57.7 Å². The van der Waals surface area contributed by atoms with Crippen molar-refractivity contribution < 1.29 is 13.2 Å². The molecule has 0 aliphatic heterocycles. The molecule has 0 amide bonds. The lowest BCUT2D eigenvalue weighted by Gasteiger charge is -2.39. The van der Waals surface area contributed by atoms with E-state index in [0.717, 1.165) is 17.5 Å². The first-order valence-electron chi connectivity index (χ1n) is 7.66. The second-order valence-corrected chi connectivity index (χ2v) is 6.79. The summed E-state index contributed by atoms with van der Waals surface area (Å²) in [5, 5.41) is 0. The van der Waals surface area contributed by atoms with Gasteiger partial charge in [-0.05, 0) is 42.7 Å². The summed E-state index contributed by atoms with van der Waals surface area (Å²) >= 11 is 0. The van der Waals surface area contributed by atoms with Gasteiger partial charge in [0.2, 0.25) is 0 Å². The van der Waals surface area contributed by atoms with Gasteiger partial charge in [-0.1, -0.05) is 44.5 Å². The quantitative estimate of drug-likeness (QED) is 0.853. The Morgan fingerprint density at radius 3 is 2.67 bits per heavy atom. The van der Waals surface area contributed by atoms with E-state index in [2.05, 4.69) is 13.8 Å². The number of rotatable bonds is 3. The fraction of sp³-hybridized carbons (Fsp3) is 0.647. The maximum Gasteiger partial charge on any atom is 0.391 e. The third-order valence-electron chi connectivity index (χ3n) is 4.39. The van der Waals surface area contributed by atoms with Crippen LogP contribution in [-0.4, -0.2) is 6.18 Å². The van der Waals surface area contributed by atoms with Crippen LogP contribution in [0.15, 0.2) is 24.3 Å². The number of halogens is 3. The van der Waals surface area contributed by atoms with Crippen LogP contribution in [0.3, 0.4) is 0 Å². The molecule has 118 valence electrons. The minimum Gasteiger partial charge on any atom is -0.321 e. The van der Waals surface area contributed by atoms with Gasteiger partial charge in [-0.2, -0.15) is 13.2 Å². The lowest BCUT2D eigenvalue weighted by Crippen LogP contribution is -2.44. The van der Waals surface area contributed by atoms with E-state index in [-0.39, 0.29) is 12.8 Å². The molecule has 1 aliphatic rings. The second kappa shape index (κ2) is 5.99. The molecule has 1 aromatic carbocycles. The molecule has 1 fully saturated rings. The third kappa shape index (κ3) is 4.00. The summed E-state index contributed by atoms with van der Waals surface area (Å²) in [7, 11) is 0. The molecule has 1 aromatic rings. The van der Waals surface area contributed by atoms with Gasteiger partial charge in [0.25, 0.3) is 0 Å². The van der Waals surface area contributed by atoms with Crippen molar-refractivity contribution in [1.29, 1.82) is 0 Å². The van der Waals surface area contributed by atoms with E-state index in [1.807, 2.05) is 24.3 Å². The Bertz CT molecular complexity index is 481. The first-order chi connectivity index (χ1) is 9.71. The molecule has 0 bridgehead atoms. The summed E-state index contributed by atoms with van der Waals surface area (Å²) in [4.78, 5) is 0. The van der Waals surface area contributed by atoms with E-state index in [4.69, 9.17) is 5.73 Å². The van der Waals surface area contributed by atoms with Crippen molar-refractivity contribution in [3.8, 4) is 0 Å². The van der Waals surface area contributed by atoms with Gasteiger partial charge in [0.15, 0.2) is 0 Å². The van der Waals surface area contributed by atoms with Gasteiger partial charge in [-0.3, -0.25) is 0 Å². The molecule has 0 saturated heterocycles. The number of alkyl halides is 3. The van der Waals surface area contributed by atoms with Crippen molar-refractivity contribution in [2.75, 3.05) is 0 Å². The van der Waals surface area contributed by atoms with Gasteiger partial charge in [-0.25, -0.2) is 0 Å². The molecule has 2 atom stereocenters. The molecule has 2 unspecified atom stereocenters. The van der Waals surface area contributed by atoms with Crippen molar-refractivity contribution >= 4 is 0 Å². The summed E-state index contributed by atoms with van der Waals surface area (Å²) in [6, 6.07) is 7.82. The van der Waals surface area contributed by atoms with Crippen LogP contribution >= 0.6 is 0 Å².